The molecule has 0 spiro atoms. The number of carbonyl (C=O) groups excluding carboxylic acids is 2. The Morgan fingerprint density at radius 1 is 1.31 bits per heavy atom. The number of aldehydes is 1. The van der Waals surface area contributed by atoms with Crippen LogP contribution in [-0.2, 0) is 9.53 Å². The van der Waals surface area contributed by atoms with Gasteiger partial charge in [0, 0.05) is 12.0 Å². The molecule has 0 heterocycles. The lowest BCUT2D eigenvalue weighted by Crippen LogP contribution is -2.44. The van der Waals surface area contributed by atoms with Crippen molar-refractivity contribution in [1.29, 1.82) is 0 Å². The molecule has 2 atom stereocenters. The highest BCUT2D eigenvalue weighted by Crippen LogP contribution is 2.23. The molecule has 0 aromatic carbocycles. The first-order valence-corrected chi connectivity index (χ1v) is 5.87. The van der Waals surface area contributed by atoms with Gasteiger partial charge in [0.1, 0.15) is 11.9 Å². The topological polar surface area (TPSA) is 55.4 Å². The Labute approximate surface area is 96.7 Å². The minimum absolute atomic E-state index is 0.0544. The lowest BCUT2D eigenvalue weighted by Gasteiger charge is -2.29. The zero-order valence-electron chi connectivity index (χ0n) is 10.3. The van der Waals surface area contributed by atoms with Gasteiger partial charge in [-0.2, -0.15) is 0 Å². The van der Waals surface area contributed by atoms with Crippen LogP contribution in [0.1, 0.15) is 46.5 Å². The third-order valence-corrected chi connectivity index (χ3v) is 2.70. The molecule has 1 aliphatic rings. The number of ether oxygens (including phenoxy) is 1. The Morgan fingerprint density at radius 3 is 2.50 bits per heavy atom. The van der Waals surface area contributed by atoms with Gasteiger partial charge in [0.05, 0.1) is 0 Å². The third-order valence-electron chi connectivity index (χ3n) is 2.70. The van der Waals surface area contributed by atoms with E-state index < -0.39 is 11.7 Å². The molecule has 1 rings (SSSR count). The van der Waals surface area contributed by atoms with Crippen molar-refractivity contribution >= 4 is 12.4 Å². The van der Waals surface area contributed by atoms with Crippen LogP contribution in [0.5, 0.6) is 0 Å². The van der Waals surface area contributed by atoms with Crippen molar-refractivity contribution in [3.63, 3.8) is 0 Å². The van der Waals surface area contributed by atoms with Gasteiger partial charge >= 0.3 is 6.09 Å². The van der Waals surface area contributed by atoms with Crippen LogP contribution in [0.2, 0.25) is 0 Å². The lowest BCUT2D eigenvalue weighted by molar-refractivity contribution is -0.112. The smallest absolute Gasteiger partial charge is 0.407 e. The first-order valence-electron chi connectivity index (χ1n) is 5.87. The quantitative estimate of drug-likeness (QED) is 0.736. The first kappa shape index (κ1) is 13.0. The molecule has 4 heteroatoms. The Morgan fingerprint density at radius 2 is 1.94 bits per heavy atom. The summed E-state index contributed by atoms with van der Waals surface area (Å²) < 4.78 is 5.17. The van der Waals surface area contributed by atoms with E-state index in [0.717, 1.165) is 32.0 Å². The summed E-state index contributed by atoms with van der Waals surface area (Å²) in [5.41, 5.74) is -0.491. The number of rotatable bonds is 2. The monoisotopic (exact) mass is 227 g/mol. The molecule has 1 unspecified atom stereocenters. The maximum Gasteiger partial charge on any atom is 0.407 e. The molecule has 1 saturated carbocycles. The highest BCUT2D eigenvalue weighted by atomic mass is 16.6. The predicted octanol–water partition coefficient (Wildman–Crippen LogP) is 2.27. The van der Waals surface area contributed by atoms with Gasteiger partial charge in [-0.25, -0.2) is 4.79 Å². The van der Waals surface area contributed by atoms with E-state index in [1.54, 1.807) is 0 Å². The molecule has 0 aromatic rings. The van der Waals surface area contributed by atoms with Crippen LogP contribution in [-0.4, -0.2) is 24.0 Å². The van der Waals surface area contributed by atoms with E-state index in [-0.39, 0.29) is 12.0 Å². The van der Waals surface area contributed by atoms with Gasteiger partial charge in [0.25, 0.3) is 0 Å². The van der Waals surface area contributed by atoms with Crippen LogP contribution in [0.25, 0.3) is 0 Å². The molecule has 1 fully saturated rings. The molecular formula is C12H21NO3. The van der Waals surface area contributed by atoms with Crippen molar-refractivity contribution in [3.05, 3.63) is 0 Å². The Kier molecular flexibility index (Phi) is 4.33. The number of alkyl carbamates (subject to hydrolysis) is 1. The molecule has 4 nitrogen and oxygen atoms in total. The van der Waals surface area contributed by atoms with Crippen LogP contribution < -0.4 is 5.32 Å². The minimum atomic E-state index is -0.491. The maximum absolute atomic E-state index is 11.5. The molecule has 0 bridgehead atoms. The lowest BCUT2D eigenvalue weighted by atomic mass is 9.86. The highest BCUT2D eigenvalue weighted by Gasteiger charge is 2.27. The summed E-state index contributed by atoms with van der Waals surface area (Å²) in [6, 6.07) is -0.0545. The molecular weight excluding hydrogens is 206 g/mol. The maximum atomic E-state index is 11.5. The number of amides is 1. The fraction of sp³-hybridized carbons (Fsp3) is 0.833. The zero-order valence-corrected chi connectivity index (χ0v) is 10.3. The molecule has 0 aromatic heterocycles. The Balaban J connectivity index is 2.45. The van der Waals surface area contributed by atoms with Crippen molar-refractivity contribution in [2.24, 2.45) is 5.92 Å². The molecule has 16 heavy (non-hydrogen) atoms. The van der Waals surface area contributed by atoms with Crippen molar-refractivity contribution in [2.75, 3.05) is 0 Å². The van der Waals surface area contributed by atoms with Crippen LogP contribution >= 0.6 is 0 Å². The second-order valence-corrected chi connectivity index (χ2v) is 5.34. The summed E-state index contributed by atoms with van der Waals surface area (Å²) in [5.74, 6) is -0.0544. The first-order chi connectivity index (χ1) is 7.42. The van der Waals surface area contributed by atoms with E-state index in [1.165, 1.54) is 0 Å². The van der Waals surface area contributed by atoms with E-state index >= 15 is 0 Å². The van der Waals surface area contributed by atoms with E-state index in [1.807, 2.05) is 20.8 Å². The minimum Gasteiger partial charge on any atom is -0.444 e. The van der Waals surface area contributed by atoms with Crippen molar-refractivity contribution in [2.45, 2.75) is 58.1 Å². The summed E-state index contributed by atoms with van der Waals surface area (Å²) in [7, 11) is 0. The SMILES string of the molecule is CC(C)(C)OC(=O)NC1CCCC[C@@H]1C=O. The molecule has 0 radical (unpaired) electrons. The largest absolute Gasteiger partial charge is 0.444 e. The van der Waals surface area contributed by atoms with Crippen molar-refractivity contribution in [1.82, 2.24) is 5.32 Å². The van der Waals surface area contributed by atoms with Crippen molar-refractivity contribution in [3.8, 4) is 0 Å². The molecule has 92 valence electrons. The molecule has 0 aliphatic heterocycles. The number of nitrogens with one attached hydrogen (secondary N) is 1. The summed E-state index contributed by atoms with van der Waals surface area (Å²) in [6.07, 6.45) is 4.38. The van der Waals surface area contributed by atoms with Crippen molar-refractivity contribution < 1.29 is 14.3 Å². The third kappa shape index (κ3) is 4.21. The van der Waals surface area contributed by atoms with Gasteiger partial charge in [-0.1, -0.05) is 12.8 Å². The van der Waals surface area contributed by atoms with Gasteiger partial charge in [0.15, 0.2) is 0 Å². The summed E-state index contributed by atoms with van der Waals surface area (Å²) in [5, 5.41) is 2.78. The summed E-state index contributed by atoms with van der Waals surface area (Å²) in [4.78, 5) is 22.4. The number of hydrogen-bond acceptors (Lipinski definition) is 3. The fourth-order valence-electron chi connectivity index (χ4n) is 1.96. The predicted molar refractivity (Wildman–Crippen MR) is 61.2 cm³/mol. The number of carbonyl (C=O) groups is 2. The number of hydrogen-bond donors (Lipinski definition) is 1. The van der Waals surface area contributed by atoms with E-state index in [2.05, 4.69) is 5.32 Å². The second-order valence-electron chi connectivity index (χ2n) is 5.34. The highest BCUT2D eigenvalue weighted by molar-refractivity contribution is 5.69. The van der Waals surface area contributed by atoms with E-state index in [4.69, 9.17) is 4.74 Å². The molecule has 1 amide bonds. The van der Waals surface area contributed by atoms with Crippen LogP contribution in [0.4, 0.5) is 4.79 Å². The average molecular weight is 227 g/mol. The second kappa shape index (κ2) is 5.32. The molecule has 1 N–H and O–H groups in total. The van der Waals surface area contributed by atoms with Gasteiger partial charge in [-0.05, 0) is 33.6 Å². The Hall–Kier alpha value is -1.06. The summed E-state index contributed by atoms with van der Waals surface area (Å²) >= 11 is 0. The normalized spacial score (nSPS) is 25.9. The molecule has 0 saturated heterocycles. The van der Waals surface area contributed by atoms with Crippen LogP contribution in [0.15, 0.2) is 0 Å². The zero-order chi connectivity index (χ0) is 12.2. The van der Waals surface area contributed by atoms with E-state index in [0.29, 0.717) is 0 Å². The van der Waals surface area contributed by atoms with Crippen LogP contribution in [0.3, 0.4) is 0 Å². The molecule has 1 aliphatic carbocycles. The van der Waals surface area contributed by atoms with Gasteiger partial charge in [-0.15, -0.1) is 0 Å². The standard InChI is InChI=1S/C12H21NO3/c1-12(2,3)16-11(15)13-10-7-5-4-6-9(10)8-14/h8-10H,4-7H2,1-3H3,(H,13,15)/t9-,10?/m1/s1. The van der Waals surface area contributed by atoms with Gasteiger partial charge in [0.2, 0.25) is 0 Å². The van der Waals surface area contributed by atoms with Gasteiger partial charge in [-0.3, -0.25) is 0 Å². The fourth-order valence-corrected chi connectivity index (χ4v) is 1.96. The van der Waals surface area contributed by atoms with E-state index in [9.17, 15) is 9.59 Å². The Bertz CT molecular complexity index is 257. The average Bonchev–Trinajstić information content (AvgIpc) is 2.15. The van der Waals surface area contributed by atoms with Gasteiger partial charge < -0.3 is 14.8 Å². The van der Waals surface area contributed by atoms with Crippen LogP contribution in [0, 0.1) is 5.92 Å². The summed E-state index contributed by atoms with van der Waals surface area (Å²) in [6.45, 7) is 5.47.